The lowest BCUT2D eigenvalue weighted by Crippen LogP contribution is -2.29. The van der Waals surface area contributed by atoms with Crippen LogP contribution in [0.3, 0.4) is 0 Å². The molecule has 0 bridgehead atoms. The minimum atomic E-state index is -4.56. The number of carbonyl (C=O) groups excluding carboxylic acids is 1. The summed E-state index contributed by atoms with van der Waals surface area (Å²) in [6.45, 7) is -0.428. The number of nitrogens with one attached hydrogen (secondary N) is 1. The van der Waals surface area contributed by atoms with Crippen LogP contribution in [0, 0.1) is 0 Å². The monoisotopic (exact) mass is 241 g/mol. The fourth-order valence-corrected chi connectivity index (χ4v) is 1.57. The summed E-state index contributed by atoms with van der Waals surface area (Å²) in [6, 6.07) is 0. The Balaban J connectivity index is 2.37. The average molecular weight is 241 g/mol. The van der Waals surface area contributed by atoms with Gasteiger partial charge in [-0.2, -0.15) is 0 Å². The Morgan fingerprint density at radius 3 is 2.80 bits per heavy atom. The molecule has 1 aliphatic rings. The lowest BCUT2D eigenvalue weighted by atomic mass is 10.2. The standard InChI is InChI=1S/C6H12NO7P/c8-3-7-6-1-4(9)5(14-6)2-13-15(10,11)12/h3-6,9H,1-2H2,(H,7,8)(H2,10,11,12)/t4-,5+,6+/m0/s1. The summed E-state index contributed by atoms with van der Waals surface area (Å²) in [5, 5.41) is 11.7. The molecule has 1 fully saturated rings. The number of ether oxygens (including phenoxy) is 1. The third-order valence-corrected chi connectivity index (χ3v) is 2.37. The van der Waals surface area contributed by atoms with E-state index in [9.17, 15) is 14.5 Å². The predicted octanol–water partition coefficient (Wildman–Crippen LogP) is -1.68. The van der Waals surface area contributed by atoms with Crippen molar-refractivity contribution in [1.29, 1.82) is 0 Å². The molecule has 0 radical (unpaired) electrons. The Hall–Kier alpha value is -0.500. The molecule has 3 atom stereocenters. The van der Waals surface area contributed by atoms with Crippen molar-refractivity contribution < 1.29 is 33.5 Å². The second-order valence-corrected chi connectivity index (χ2v) is 4.28. The van der Waals surface area contributed by atoms with E-state index in [0.717, 1.165) is 0 Å². The maximum Gasteiger partial charge on any atom is 0.469 e. The molecule has 1 aliphatic heterocycles. The van der Waals surface area contributed by atoms with Crippen molar-refractivity contribution in [3.05, 3.63) is 0 Å². The first-order valence-corrected chi connectivity index (χ1v) is 5.68. The fourth-order valence-electron chi connectivity index (χ4n) is 1.23. The third-order valence-electron chi connectivity index (χ3n) is 1.88. The maximum atomic E-state index is 10.4. The molecule has 4 N–H and O–H groups in total. The molecule has 1 amide bonds. The number of hydrogen-bond acceptors (Lipinski definition) is 5. The highest BCUT2D eigenvalue weighted by Crippen LogP contribution is 2.36. The van der Waals surface area contributed by atoms with Crippen molar-refractivity contribution >= 4 is 14.2 Å². The van der Waals surface area contributed by atoms with E-state index in [1.807, 2.05) is 0 Å². The molecular formula is C6H12NO7P. The highest BCUT2D eigenvalue weighted by Gasteiger charge is 2.35. The van der Waals surface area contributed by atoms with Crippen molar-refractivity contribution in [3.63, 3.8) is 0 Å². The van der Waals surface area contributed by atoms with Gasteiger partial charge >= 0.3 is 7.82 Å². The van der Waals surface area contributed by atoms with Gasteiger partial charge in [-0.15, -0.1) is 0 Å². The van der Waals surface area contributed by atoms with Gasteiger partial charge in [-0.1, -0.05) is 0 Å². The molecule has 0 aliphatic carbocycles. The van der Waals surface area contributed by atoms with E-state index in [2.05, 4.69) is 9.84 Å². The van der Waals surface area contributed by atoms with E-state index >= 15 is 0 Å². The van der Waals surface area contributed by atoms with Gasteiger partial charge in [-0.25, -0.2) is 4.57 Å². The molecule has 0 aromatic heterocycles. The zero-order valence-electron chi connectivity index (χ0n) is 7.65. The molecule has 0 aromatic rings. The summed E-state index contributed by atoms with van der Waals surface area (Å²) in [5.74, 6) is 0. The van der Waals surface area contributed by atoms with Crippen LogP contribution in [-0.2, 0) is 18.6 Å². The summed E-state index contributed by atoms with van der Waals surface area (Å²) >= 11 is 0. The third kappa shape index (κ3) is 4.25. The van der Waals surface area contributed by atoms with Crippen molar-refractivity contribution in [3.8, 4) is 0 Å². The number of aliphatic hydroxyl groups excluding tert-OH is 1. The van der Waals surface area contributed by atoms with Crippen molar-refractivity contribution in [2.75, 3.05) is 6.61 Å². The van der Waals surface area contributed by atoms with Gasteiger partial charge in [0.1, 0.15) is 12.3 Å². The Bertz CT molecular complexity index is 266. The SMILES string of the molecule is O=CN[C@H]1C[C@H](O)[C@@H](COP(=O)(O)O)O1. The largest absolute Gasteiger partial charge is 0.469 e. The second kappa shape index (κ2) is 5.02. The summed E-state index contributed by atoms with van der Waals surface area (Å²) in [5.41, 5.74) is 0. The molecule has 0 saturated carbocycles. The van der Waals surface area contributed by atoms with Gasteiger partial charge in [0.05, 0.1) is 12.7 Å². The van der Waals surface area contributed by atoms with Gasteiger partial charge in [-0.3, -0.25) is 9.32 Å². The van der Waals surface area contributed by atoms with E-state index in [1.54, 1.807) is 0 Å². The molecule has 0 aromatic carbocycles. The van der Waals surface area contributed by atoms with Gasteiger partial charge in [0.25, 0.3) is 0 Å². The molecule has 9 heteroatoms. The van der Waals surface area contributed by atoms with Crippen molar-refractivity contribution in [2.45, 2.75) is 24.9 Å². The fraction of sp³-hybridized carbons (Fsp3) is 0.833. The Labute approximate surface area is 85.4 Å². The van der Waals surface area contributed by atoms with Crippen LogP contribution in [0.1, 0.15) is 6.42 Å². The van der Waals surface area contributed by atoms with Gasteiger partial charge < -0.3 is 24.9 Å². The molecule has 0 unspecified atom stereocenters. The van der Waals surface area contributed by atoms with Crippen LogP contribution in [0.5, 0.6) is 0 Å². The topological polar surface area (TPSA) is 125 Å². The number of rotatable bonds is 5. The lowest BCUT2D eigenvalue weighted by Gasteiger charge is -2.14. The number of aliphatic hydroxyl groups is 1. The van der Waals surface area contributed by atoms with E-state index in [4.69, 9.17) is 14.5 Å². The average Bonchev–Trinajstić information content (AvgIpc) is 2.42. The van der Waals surface area contributed by atoms with Crippen LogP contribution in [0.4, 0.5) is 0 Å². The van der Waals surface area contributed by atoms with Crippen molar-refractivity contribution in [2.24, 2.45) is 0 Å². The molecule has 8 nitrogen and oxygen atoms in total. The molecule has 15 heavy (non-hydrogen) atoms. The Morgan fingerprint density at radius 2 is 2.27 bits per heavy atom. The van der Waals surface area contributed by atoms with E-state index in [-0.39, 0.29) is 6.42 Å². The maximum absolute atomic E-state index is 10.4. The van der Waals surface area contributed by atoms with Gasteiger partial charge in [0.2, 0.25) is 6.41 Å². The number of amides is 1. The summed E-state index contributed by atoms with van der Waals surface area (Å²) in [6.07, 6.45) is -1.84. The molecule has 1 saturated heterocycles. The van der Waals surface area contributed by atoms with Gasteiger partial charge in [-0.05, 0) is 0 Å². The zero-order valence-corrected chi connectivity index (χ0v) is 8.54. The van der Waals surface area contributed by atoms with E-state index in [0.29, 0.717) is 6.41 Å². The number of phosphoric acid groups is 1. The van der Waals surface area contributed by atoms with Crippen LogP contribution in [-0.4, -0.2) is 46.3 Å². The van der Waals surface area contributed by atoms with Crippen LogP contribution in [0.15, 0.2) is 0 Å². The van der Waals surface area contributed by atoms with E-state index < -0.39 is 32.9 Å². The molecule has 88 valence electrons. The minimum absolute atomic E-state index is 0.161. The lowest BCUT2D eigenvalue weighted by molar-refractivity contribution is -0.114. The van der Waals surface area contributed by atoms with Gasteiger partial charge in [0.15, 0.2) is 0 Å². The van der Waals surface area contributed by atoms with Crippen LogP contribution >= 0.6 is 7.82 Å². The molecule has 1 rings (SSSR count). The number of hydrogen-bond donors (Lipinski definition) is 4. The normalized spacial score (nSPS) is 31.5. The van der Waals surface area contributed by atoms with E-state index in [1.165, 1.54) is 0 Å². The second-order valence-electron chi connectivity index (χ2n) is 3.04. The number of phosphoric ester groups is 1. The summed E-state index contributed by atoms with van der Waals surface area (Å²) in [4.78, 5) is 26.9. The molecule has 1 heterocycles. The summed E-state index contributed by atoms with van der Waals surface area (Å²) < 4.78 is 19.6. The van der Waals surface area contributed by atoms with Crippen molar-refractivity contribution in [1.82, 2.24) is 5.32 Å². The quantitative estimate of drug-likeness (QED) is 0.334. The first kappa shape index (κ1) is 12.6. The molecular weight excluding hydrogens is 229 g/mol. The highest BCUT2D eigenvalue weighted by atomic mass is 31.2. The summed E-state index contributed by atoms with van der Waals surface area (Å²) in [7, 11) is -4.56. The first-order valence-electron chi connectivity index (χ1n) is 4.15. The first-order chi connectivity index (χ1) is 6.92. The Morgan fingerprint density at radius 1 is 1.60 bits per heavy atom. The van der Waals surface area contributed by atoms with Crippen LogP contribution < -0.4 is 5.32 Å². The number of carbonyl (C=O) groups is 1. The van der Waals surface area contributed by atoms with Gasteiger partial charge in [0, 0.05) is 6.42 Å². The predicted molar refractivity (Wildman–Crippen MR) is 46.5 cm³/mol. The highest BCUT2D eigenvalue weighted by molar-refractivity contribution is 7.46. The smallest absolute Gasteiger partial charge is 0.390 e. The molecule has 0 spiro atoms. The zero-order chi connectivity index (χ0) is 11.5. The minimum Gasteiger partial charge on any atom is -0.390 e. The van der Waals surface area contributed by atoms with Crippen LogP contribution in [0.2, 0.25) is 0 Å². The van der Waals surface area contributed by atoms with Crippen LogP contribution in [0.25, 0.3) is 0 Å². The Kier molecular flexibility index (Phi) is 4.21.